The minimum absolute atomic E-state index is 0.143. The molecule has 138 valence electrons. The number of aromatic nitrogens is 2. The largest absolute Gasteiger partial charge is 0.358 e. The van der Waals surface area contributed by atoms with E-state index in [1.54, 1.807) is 24.8 Å². The Bertz CT molecular complexity index is 834. The first-order chi connectivity index (χ1) is 12.3. The van der Waals surface area contributed by atoms with Crippen LogP contribution in [0.15, 0.2) is 28.6 Å². The van der Waals surface area contributed by atoms with Gasteiger partial charge >= 0.3 is 0 Å². The number of nitrogens with one attached hydrogen (secondary N) is 2. The van der Waals surface area contributed by atoms with Gasteiger partial charge in [-0.25, -0.2) is 0 Å². The molecule has 0 unspecified atom stereocenters. The smallest absolute Gasteiger partial charge is 0.250 e. The average Bonchev–Trinajstić information content (AvgIpc) is 3.00. The Morgan fingerprint density at radius 1 is 1.35 bits per heavy atom. The number of carbonyl (C=O) groups is 2. The van der Waals surface area contributed by atoms with Crippen molar-refractivity contribution in [3.8, 4) is 0 Å². The Hall–Kier alpha value is -2.13. The number of amides is 2. The number of nitrogens with zero attached hydrogens (tertiary/aromatic N) is 3. The second-order valence-electron chi connectivity index (χ2n) is 6.72. The summed E-state index contributed by atoms with van der Waals surface area (Å²) in [4.78, 5) is 27.0. The van der Waals surface area contributed by atoms with E-state index in [4.69, 9.17) is 0 Å². The molecule has 0 radical (unpaired) electrons. The van der Waals surface area contributed by atoms with Gasteiger partial charge < -0.3 is 10.6 Å². The third-order valence-corrected chi connectivity index (χ3v) is 5.87. The van der Waals surface area contributed by atoms with Gasteiger partial charge in [0.15, 0.2) is 4.34 Å². The molecule has 2 heterocycles. The molecule has 2 aromatic rings. The van der Waals surface area contributed by atoms with Gasteiger partial charge in [-0.3, -0.25) is 14.5 Å². The molecule has 3 rings (SSSR count). The molecular weight excluding hydrogens is 370 g/mol. The van der Waals surface area contributed by atoms with Gasteiger partial charge in [-0.05, 0) is 39.8 Å². The normalized spacial score (nSPS) is 15.6. The maximum atomic E-state index is 12.9. The highest BCUT2D eigenvalue weighted by molar-refractivity contribution is 8.01. The third kappa shape index (κ3) is 3.68. The zero-order valence-corrected chi connectivity index (χ0v) is 16.7. The van der Waals surface area contributed by atoms with Gasteiger partial charge in [-0.15, -0.1) is 10.2 Å². The summed E-state index contributed by atoms with van der Waals surface area (Å²) in [6.07, 6.45) is 0. The summed E-state index contributed by atoms with van der Waals surface area (Å²) < 4.78 is 0.717. The molecule has 7 nitrogen and oxygen atoms in total. The van der Waals surface area contributed by atoms with Crippen molar-refractivity contribution in [1.82, 2.24) is 10.2 Å². The van der Waals surface area contributed by atoms with Crippen LogP contribution in [0.1, 0.15) is 27.7 Å². The van der Waals surface area contributed by atoms with Gasteiger partial charge in [0.1, 0.15) is 5.54 Å². The fourth-order valence-electron chi connectivity index (χ4n) is 2.66. The summed E-state index contributed by atoms with van der Waals surface area (Å²) >= 11 is 2.74. The zero-order chi connectivity index (χ0) is 18.9. The van der Waals surface area contributed by atoms with Crippen molar-refractivity contribution in [3.63, 3.8) is 0 Å². The maximum Gasteiger partial charge on any atom is 0.250 e. The van der Waals surface area contributed by atoms with E-state index in [1.165, 1.54) is 23.1 Å². The van der Waals surface area contributed by atoms with Crippen LogP contribution in [-0.4, -0.2) is 39.3 Å². The minimum atomic E-state index is -0.961. The molecule has 1 aliphatic rings. The number of anilines is 3. The van der Waals surface area contributed by atoms with Gasteiger partial charge in [0, 0.05) is 6.04 Å². The van der Waals surface area contributed by atoms with Crippen LogP contribution >= 0.6 is 23.1 Å². The summed E-state index contributed by atoms with van der Waals surface area (Å²) in [6, 6.07) is 7.60. The molecule has 9 heteroatoms. The lowest BCUT2D eigenvalue weighted by Gasteiger charge is -2.42. The van der Waals surface area contributed by atoms with Crippen LogP contribution < -0.4 is 15.5 Å². The van der Waals surface area contributed by atoms with Crippen molar-refractivity contribution in [1.29, 1.82) is 0 Å². The number of hydrogen-bond donors (Lipinski definition) is 2. The predicted molar refractivity (Wildman–Crippen MR) is 106 cm³/mol. The van der Waals surface area contributed by atoms with Crippen molar-refractivity contribution in [2.75, 3.05) is 21.3 Å². The van der Waals surface area contributed by atoms with Crippen LogP contribution in [0, 0.1) is 0 Å². The molecule has 1 aromatic carbocycles. The van der Waals surface area contributed by atoms with Crippen LogP contribution in [0.5, 0.6) is 0 Å². The zero-order valence-electron chi connectivity index (χ0n) is 15.1. The van der Waals surface area contributed by atoms with Gasteiger partial charge in [0.25, 0.3) is 0 Å². The number of benzene rings is 1. The van der Waals surface area contributed by atoms with Crippen molar-refractivity contribution in [3.05, 3.63) is 24.3 Å². The lowest BCUT2D eigenvalue weighted by Crippen LogP contribution is -2.58. The van der Waals surface area contributed by atoms with Crippen molar-refractivity contribution < 1.29 is 9.59 Å². The highest BCUT2D eigenvalue weighted by Crippen LogP contribution is 2.37. The molecule has 2 N–H and O–H groups in total. The number of rotatable bonds is 5. The Morgan fingerprint density at radius 3 is 2.81 bits per heavy atom. The van der Waals surface area contributed by atoms with E-state index in [0.29, 0.717) is 15.7 Å². The summed E-state index contributed by atoms with van der Waals surface area (Å²) in [6.45, 7) is 7.55. The summed E-state index contributed by atoms with van der Waals surface area (Å²) in [5, 5.41) is 15.0. The quantitative estimate of drug-likeness (QED) is 0.761. The fraction of sp³-hybridized carbons (Fsp3) is 0.412. The first-order valence-electron chi connectivity index (χ1n) is 8.25. The Morgan fingerprint density at radius 2 is 2.08 bits per heavy atom. The van der Waals surface area contributed by atoms with E-state index in [1.807, 2.05) is 32.0 Å². The van der Waals surface area contributed by atoms with E-state index >= 15 is 0 Å². The second kappa shape index (κ2) is 7.24. The van der Waals surface area contributed by atoms with E-state index in [-0.39, 0.29) is 23.6 Å². The summed E-state index contributed by atoms with van der Waals surface area (Å²) in [5.41, 5.74) is 0.397. The molecule has 0 bridgehead atoms. The molecule has 0 saturated carbocycles. The fourth-order valence-corrected chi connectivity index (χ4v) is 4.41. The monoisotopic (exact) mass is 391 g/mol. The van der Waals surface area contributed by atoms with E-state index in [0.717, 1.165) is 5.13 Å². The van der Waals surface area contributed by atoms with E-state index < -0.39 is 5.54 Å². The Kier molecular flexibility index (Phi) is 5.19. The number of thioether (sulfide) groups is 1. The number of hydrogen-bond acceptors (Lipinski definition) is 7. The molecule has 0 spiro atoms. The topological polar surface area (TPSA) is 87.2 Å². The molecule has 1 aliphatic heterocycles. The van der Waals surface area contributed by atoms with Crippen molar-refractivity contribution in [2.45, 2.75) is 43.6 Å². The lowest BCUT2D eigenvalue weighted by atomic mass is 9.96. The number of carbonyl (C=O) groups excluding carboxylic acids is 2. The summed E-state index contributed by atoms with van der Waals surface area (Å²) in [7, 11) is 0. The van der Waals surface area contributed by atoms with Crippen LogP contribution in [0.3, 0.4) is 0 Å². The van der Waals surface area contributed by atoms with Crippen LogP contribution in [0.25, 0.3) is 0 Å². The first-order valence-corrected chi connectivity index (χ1v) is 10.1. The molecule has 0 atom stereocenters. The highest BCUT2D eigenvalue weighted by Gasteiger charge is 2.43. The Balaban J connectivity index is 1.76. The number of fused-ring (bicyclic) bond motifs is 1. The first kappa shape index (κ1) is 18.7. The second-order valence-corrected chi connectivity index (χ2v) is 8.92. The molecular formula is C17H21N5O2S2. The predicted octanol–water partition coefficient (Wildman–Crippen LogP) is 3.21. The minimum Gasteiger partial charge on any atom is -0.358 e. The van der Waals surface area contributed by atoms with Crippen molar-refractivity contribution in [2.24, 2.45) is 0 Å². The van der Waals surface area contributed by atoms with Gasteiger partial charge in [-0.2, -0.15) is 0 Å². The summed E-state index contributed by atoms with van der Waals surface area (Å²) in [5.74, 6) is -0.161. The molecule has 0 saturated heterocycles. The van der Waals surface area contributed by atoms with E-state index in [9.17, 15) is 9.59 Å². The number of para-hydroxylation sites is 2. The maximum absolute atomic E-state index is 12.9. The molecule has 0 fully saturated rings. The molecule has 0 aliphatic carbocycles. The van der Waals surface area contributed by atoms with E-state index in [2.05, 4.69) is 20.8 Å². The lowest BCUT2D eigenvalue weighted by molar-refractivity contribution is -0.125. The van der Waals surface area contributed by atoms with Crippen LogP contribution in [0.4, 0.5) is 16.5 Å². The van der Waals surface area contributed by atoms with Crippen LogP contribution in [0.2, 0.25) is 0 Å². The average molecular weight is 392 g/mol. The highest BCUT2D eigenvalue weighted by atomic mass is 32.2. The van der Waals surface area contributed by atoms with Gasteiger partial charge in [0.05, 0.1) is 17.1 Å². The molecule has 26 heavy (non-hydrogen) atoms. The SMILES string of the molecule is CC(C)Nc1nnc(SCC(=O)N2c3ccccc3NC(=O)C2(C)C)s1. The molecule has 1 aromatic heterocycles. The van der Waals surface area contributed by atoms with Gasteiger partial charge in [-0.1, -0.05) is 35.2 Å². The Labute approximate surface area is 160 Å². The van der Waals surface area contributed by atoms with Crippen molar-refractivity contribution >= 4 is 51.4 Å². The van der Waals surface area contributed by atoms with Gasteiger partial charge in [0.2, 0.25) is 16.9 Å². The van der Waals surface area contributed by atoms with Crippen LogP contribution in [-0.2, 0) is 9.59 Å². The standard InChI is InChI=1S/C17H21N5O2S2/c1-10(2)18-15-20-21-16(26-15)25-9-13(23)22-12-8-6-5-7-11(12)19-14(24)17(22,3)4/h5-8,10H,9H2,1-4H3,(H,18,20)(H,19,24). The third-order valence-electron chi connectivity index (χ3n) is 3.89. The molecule has 2 amide bonds.